The highest BCUT2D eigenvalue weighted by molar-refractivity contribution is 7.26. The summed E-state index contributed by atoms with van der Waals surface area (Å²) < 4.78 is 9.33. The molecule has 11 aromatic rings. The lowest BCUT2D eigenvalue weighted by atomic mass is 9.58. The van der Waals surface area contributed by atoms with Gasteiger partial charge in [-0.05, 0) is 104 Å². The summed E-state index contributed by atoms with van der Waals surface area (Å²) in [5, 5.41) is 10.1. The average Bonchev–Trinajstić information content (AvgIpc) is 3.63. The van der Waals surface area contributed by atoms with Crippen LogP contribution in [0.5, 0.6) is 11.5 Å². The Kier molecular flexibility index (Phi) is 6.56. The molecule has 0 N–H and O–H groups in total. The number of fused-ring (bicyclic) bond motifs is 13. The van der Waals surface area contributed by atoms with Crippen molar-refractivity contribution in [2.75, 3.05) is 4.90 Å². The molecule has 1 spiro atoms. The van der Waals surface area contributed by atoms with Crippen LogP contribution in [0.25, 0.3) is 63.6 Å². The summed E-state index contributed by atoms with van der Waals surface area (Å²) in [6.45, 7) is 0. The van der Waals surface area contributed by atoms with Crippen LogP contribution >= 0.6 is 11.3 Å². The van der Waals surface area contributed by atoms with Crippen molar-refractivity contribution in [3.05, 3.63) is 222 Å². The molecule has 58 heavy (non-hydrogen) atoms. The van der Waals surface area contributed by atoms with Gasteiger partial charge in [0.2, 0.25) is 0 Å². The Morgan fingerprint density at radius 3 is 1.81 bits per heavy atom. The van der Waals surface area contributed by atoms with E-state index in [2.05, 4.69) is 205 Å². The standard InChI is InChI=1S/C55H33NOS/c1-2-14-37-31-52-44(30-36(37)13-1)42-29-27-39(33-53(42)58-52)56(49-23-11-15-34-12-3-4-18-40(34)49)38-26-28-41-43-19-9-16-35-17-10-22-47(54(35)43)55(48(41)32-38)45-20-5-7-24-50(45)57-51-25-8-6-21-46(51)55/h1-33H. The Bertz CT molecular complexity index is 3470. The topological polar surface area (TPSA) is 12.5 Å². The maximum Gasteiger partial charge on any atom is 0.132 e. The van der Waals surface area contributed by atoms with E-state index in [1.165, 1.54) is 74.7 Å². The van der Waals surface area contributed by atoms with E-state index < -0.39 is 5.41 Å². The van der Waals surface area contributed by atoms with E-state index >= 15 is 0 Å². The van der Waals surface area contributed by atoms with Crippen molar-refractivity contribution in [2.45, 2.75) is 5.41 Å². The summed E-state index contributed by atoms with van der Waals surface area (Å²) in [5.41, 5.74) is 10.1. The third-order valence-corrected chi connectivity index (χ3v) is 13.8. The van der Waals surface area contributed by atoms with E-state index in [1.807, 2.05) is 11.3 Å². The van der Waals surface area contributed by atoms with E-state index in [1.54, 1.807) is 0 Å². The van der Waals surface area contributed by atoms with Gasteiger partial charge < -0.3 is 9.64 Å². The van der Waals surface area contributed by atoms with Gasteiger partial charge in [0.05, 0.1) is 11.1 Å². The highest BCUT2D eigenvalue weighted by Gasteiger charge is 2.49. The van der Waals surface area contributed by atoms with E-state index in [0.29, 0.717) is 0 Å². The molecule has 0 saturated carbocycles. The first kappa shape index (κ1) is 31.9. The molecule has 13 rings (SSSR count). The van der Waals surface area contributed by atoms with Gasteiger partial charge in [-0.15, -0.1) is 11.3 Å². The molecule has 2 aliphatic rings. The van der Waals surface area contributed by atoms with Gasteiger partial charge >= 0.3 is 0 Å². The van der Waals surface area contributed by atoms with Crippen LogP contribution in [0.1, 0.15) is 22.3 Å². The van der Waals surface area contributed by atoms with E-state index in [-0.39, 0.29) is 0 Å². The van der Waals surface area contributed by atoms with Crippen LogP contribution in [0.4, 0.5) is 17.1 Å². The molecular formula is C55H33NOS. The molecule has 10 aromatic carbocycles. The maximum atomic E-state index is 6.75. The van der Waals surface area contributed by atoms with E-state index in [9.17, 15) is 0 Å². The molecule has 1 aliphatic carbocycles. The van der Waals surface area contributed by atoms with Gasteiger partial charge in [0, 0.05) is 48.1 Å². The number of para-hydroxylation sites is 2. The maximum absolute atomic E-state index is 6.75. The second-order valence-electron chi connectivity index (χ2n) is 15.6. The highest BCUT2D eigenvalue weighted by atomic mass is 32.1. The Balaban J connectivity index is 1.13. The summed E-state index contributed by atoms with van der Waals surface area (Å²) in [7, 11) is 0. The average molecular weight is 756 g/mol. The van der Waals surface area contributed by atoms with Gasteiger partial charge in [0.1, 0.15) is 11.5 Å². The predicted molar refractivity (Wildman–Crippen MR) is 244 cm³/mol. The molecule has 0 radical (unpaired) electrons. The largest absolute Gasteiger partial charge is 0.457 e. The first-order valence-electron chi connectivity index (χ1n) is 19.9. The van der Waals surface area contributed by atoms with Gasteiger partial charge in [-0.3, -0.25) is 0 Å². The van der Waals surface area contributed by atoms with Gasteiger partial charge in [-0.2, -0.15) is 0 Å². The van der Waals surface area contributed by atoms with Crippen LogP contribution in [0.2, 0.25) is 0 Å². The molecule has 2 nitrogen and oxygen atoms in total. The lowest BCUT2D eigenvalue weighted by Crippen LogP contribution is -2.36. The van der Waals surface area contributed by atoms with Crippen LogP contribution in [-0.4, -0.2) is 0 Å². The Morgan fingerprint density at radius 2 is 0.983 bits per heavy atom. The summed E-state index contributed by atoms with van der Waals surface area (Å²) in [4.78, 5) is 2.48. The zero-order valence-corrected chi connectivity index (χ0v) is 32.1. The molecule has 0 saturated heterocycles. The first-order chi connectivity index (χ1) is 28.7. The molecule has 0 unspecified atom stereocenters. The normalized spacial score (nSPS) is 13.4. The van der Waals surface area contributed by atoms with E-state index in [0.717, 1.165) is 39.7 Å². The fourth-order valence-electron chi connectivity index (χ4n) is 10.2. The van der Waals surface area contributed by atoms with Crippen molar-refractivity contribution in [1.29, 1.82) is 0 Å². The van der Waals surface area contributed by atoms with Crippen molar-refractivity contribution in [2.24, 2.45) is 0 Å². The number of benzene rings is 10. The van der Waals surface area contributed by atoms with Crippen molar-refractivity contribution < 1.29 is 4.74 Å². The molecule has 0 bridgehead atoms. The quantitative estimate of drug-likeness (QED) is 0.178. The van der Waals surface area contributed by atoms with Gasteiger partial charge in [0.15, 0.2) is 0 Å². The number of hydrogen-bond donors (Lipinski definition) is 0. The van der Waals surface area contributed by atoms with Crippen LogP contribution in [0.3, 0.4) is 0 Å². The second kappa shape index (κ2) is 11.9. The van der Waals surface area contributed by atoms with Gasteiger partial charge in [-0.1, -0.05) is 146 Å². The minimum atomic E-state index is -0.632. The molecule has 1 aromatic heterocycles. The number of hydrogen-bond acceptors (Lipinski definition) is 3. The third kappa shape index (κ3) is 4.31. The minimum Gasteiger partial charge on any atom is -0.457 e. The smallest absolute Gasteiger partial charge is 0.132 e. The van der Waals surface area contributed by atoms with Crippen LogP contribution in [-0.2, 0) is 5.41 Å². The lowest BCUT2D eigenvalue weighted by Gasteiger charge is -2.45. The molecule has 3 heteroatoms. The number of rotatable bonds is 3. The molecule has 0 fully saturated rings. The third-order valence-electron chi connectivity index (χ3n) is 12.7. The second-order valence-corrected chi connectivity index (χ2v) is 16.7. The van der Waals surface area contributed by atoms with Crippen LogP contribution in [0, 0.1) is 0 Å². The first-order valence-corrected chi connectivity index (χ1v) is 20.7. The fourth-order valence-corrected chi connectivity index (χ4v) is 11.4. The molecule has 2 heterocycles. The monoisotopic (exact) mass is 755 g/mol. The SMILES string of the molecule is c1ccc2c(c1)Oc1ccccc1C21c2cc(N(c3ccc4c(c3)sc3cc5ccccc5cc34)c3cccc4ccccc34)ccc2-c2cccc3cccc1c23. The number of thiophene rings is 1. The highest BCUT2D eigenvalue weighted by Crippen LogP contribution is 2.62. The van der Waals surface area contributed by atoms with Gasteiger partial charge in [0.25, 0.3) is 0 Å². The molecule has 1 aliphatic heterocycles. The Labute approximate surface area is 339 Å². The summed E-state index contributed by atoms with van der Waals surface area (Å²) in [6, 6.07) is 73.9. The summed E-state index contributed by atoms with van der Waals surface area (Å²) in [5.74, 6) is 1.78. The van der Waals surface area contributed by atoms with Crippen molar-refractivity contribution >= 4 is 80.9 Å². The molecule has 270 valence electrons. The van der Waals surface area contributed by atoms with Crippen LogP contribution in [0.15, 0.2) is 200 Å². The number of ether oxygens (including phenoxy) is 1. The molecule has 0 amide bonds. The van der Waals surface area contributed by atoms with Crippen molar-refractivity contribution in [3.8, 4) is 22.6 Å². The van der Waals surface area contributed by atoms with Gasteiger partial charge in [-0.25, -0.2) is 0 Å². The predicted octanol–water partition coefficient (Wildman–Crippen LogP) is 15.5. The number of anilines is 3. The summed E-state index contributed by atoms with van der Waals surface area (Å²) >= 11 is 1.88. The van der Waals surface area contributed by atoms with Crippen molar-refractivity contribution in [1.82, 2.24) is 0 Å². The molecule has 0 atom stereocenters. The zero-order chi connectivity index (χ0) is 38.0. The number of nitrogens with zero attached hydrogens (tertiary/aromatic N) is 1. The Hall–Kier alpha value is -7.20. The molecular weight excluding hydrogens is 723 g/mol. The fraction of sp³-hybridized carbons (Fsp3) is 0.0182. The Morgan fingerprint density at radius 1 is 0.379 bits per heavy atom. The van der Waals surface area contributed by atoms with Crippen molar-refractivity contribution in [3.63, 3.8) is 0 Å². The lowest BCUT2D eigenvalue weighted by molar-refractivity contribution is 0.435. The van der Waals surface area contributed by atoms with Crippen LogP contribution < -0.4 is 9.64 Å². The summed E-state index contributed by atoms with van der Waals surface area (Å²) in [6.07, 6.45) is 0. The van der Waals surface area contributed by atoms with E-state index in [4.69, 9.17) is 4.74 Å². The zero-order valence-electron chi connectivity index (χ0n) is 31.3. The minimum absolute atomic E-state index is 0.632.